The van der Waals surface area contributed by atoms with E-state index >= 15 is 0 Å². The lowest BCUT2D eigenvalue weighted by atomic mass is 10.0. The molecule has 12 nitrogen and oxygen atoms in total. The van der Waals surface area contributed by atoms with Crippen molar-refractivity contribution in [3.8, 4) is 5.75 Å². The first-order valence-electron chi connectivity index (χ1n) is 15.7. The lowest BCUT2D eigenvalue weighted by Gasteiger charge is -2.39. The number of sulfonamides is 1. The molecule has 272 valence electrons. The van der Waals surface area contributed by atoms with E-state index in [-0.39, 0.29) is 42.5 Å². The Kier molecular flexibility index (Phi) is 11.8. The zero-order valence-corrected chi connectivity index (χ0v) is 30.1. The summed E-state index contributed by atoms with van der Waals surface area (Å²) in [7, 11) is -4.38. The third kappa shape index (κ3) is 10.2. The Morgan fingerprint density at radius 3 is 2.22 bits per heavy atom. The van der Waals surface area contributed by atoms with Crippen LogP contribution in [-0.2, 0) is 30.9 Å². The van der Waals surface area contributed by atoms with Crippen molar-refractivity contribution in [1.29, 1.82) is 0 Å². The van der Waals surface area contributed by atoms with Crippen LogP contribution in [0.15, 0.2) is 53.4 Å². The number of ether oxygens (including phenoxy) is 2. The predicted molar refractivity (Wildman–Crippen MR) is 180 cm³/mol. The number of amides is 2. The van der Waals surface area contributed by atoms with E-state index in [1.165, 1.54) is 0 Å². The smallest absolute Gasteiger partial charge is 0.459 e. The first kappa shape index (κ1) is 38.6. The van der Waals surface area contributed by atoms with Crippen LogP contribution in [0.1, 0.15) is 67.0 Å². The van der Waals surface area contributed by atoms with Crippen molar-refractivity contribution in [1.82, 2.24) is 19.9 Å². The SMILES string of the molecule is Cc1nc(N2CCN(S(=O)(=O)c3ccc(OC(F)(F)F)cc3)[C@@H](C(=O)NCc3ccc(C(C)C)cc3)C2)sc1C(=O)NCC(=O)OC(C)(C)C. The number of carbonyl (C=O) groups excluding carboxylic acids is 3. The molecule has 0 radical (unpaired) electrons. The van der Waals surface area contributed by atoms with Gasteiger partial charge in [0.05, 0.1) is 10.6 Å². The summed E-state index contributed by atoms with van der Waals surface area (Å²) in [5, 5.41) is 5.70. The summed E-state index contributed by atoms with van der Waals surface area (Å²) in [5.74, 6) is -2.05. The van der Waals surface area contributed by atoms with Crippen LogP contribution in [0.2, 0.25) is 0 Å². The van der Waals surface area contributed by atoms with E-state index in [9.17, 15) is 36.0 Å². The Labute approximate surface area is 293 Å². The van der Waals surface area contributed by atoms with Gasteiger partial charge < -0.3 is 25.0 Å². The van der Waals surface area contributed by atoms with Crippen LogP contribution >= 0.6 is 11.3 Å². The second-order valence-electron chi connectivity index (χ2n) is 12.9. The number of thiazole rings is 1. The van der Waals surface area contributed by atoms with Crippen molar-refractivity contribution in [2.24, 2.45) is 0 Å². The molecule has 2 heterocycles. The minimum absolute atomic E-state index is 0.0842. The number of hydrogen-bond acceptors (Lipinski definition) is 10. The molecule has 1 atom stereocenters. The lowest BCUT2D eigenvalue weighted by Crippen LogP contribution is -2.60. The van der Waals surface area contributed by atoms with Gasteiger partial charge in [0.25, 0.3) is 5.91 Å². The molecular weight excluding hydrogens is 700 g/mol. The lowest BCUT2D eigenvalue weighted by molar-refractivity contribution is -0.274. The Morgan fingerprint density at radius 1 is 1.00 bits per heavy atom. The highest BCUT2D eigenvalue weighted by Gasteiger charge is 2.41. The Bertz CT molecular complexity index is 1790. The zero-order valence-electron chi connectivity index (χ0n) is 28.5. The highest BCUT2D eigenvalue weighted by molar-refractivity contribution is 7.89. The average molecular weight is 740 g/mol. The number of rotatable bonds is 11. The fourth-order valence-electron chi connectivity index (χ4n) is 5.06. The van der Waals surface area contributed by atoms with Gasteiger partial charge in [-0.25, -0.2) is 13.4 Å². The zero-order chi connectivity index (χ0) is 37.0. The van der Waals surface area contributed by atoms with Gasteiger partial charge >= 0.3 is 12.3 Å². The number of piperazine rings is 1. The molecular formula is C33H40F3N5O7S2. The van der Waals surface area contributed by atoms with Crippen LogP contribution in [0.25, 0.3) is 0 Å². The summed E-state index contributed by atoms with van der Waals surface area (Å²) in [6.07, 6.45) is -4.96. The van der Waals surface area contributed by atoms with Gasteiger partial charge in [-0.1, -0.05) is 49.4 Å². The molecule has 0 bridgehead atoms. The standard InChI is InChI=1S/C33H40F3N5O7S2/c1-20(2)23-9-7-22(8-10-23)17-37-29(43)26-19-40(31-39-21(3)28(49-31)30(44)38-18-27(42)48-32(4,5)6)15-16-41(26)50(45,46)25-13-11-24(12-14-25)47-33(34,35)36/h7-14,20,26H,15-19H2,1-6H3,(H,37,43)(H,38,44)/t26-/m1/s1. The number of nitrogens with zero attached hydrogens (tertiary/aromatic N) is 3. The number of aryl methyl sites for hydroxylation is 1. The quantitative estimate of drug-likeness (QED) is 0.266. The number of halogens is 3. The maximum absolute atomic E-state index is 13.8. The molecule has 3 aromatic rings. The van der Waals surface area contributed by atoms with Gasteiger partial charge in [0, 0.05) is 26.2 Å². The van der Waals surface area contributed by atoms with E-state index in [2.05, 4.69) is 34.2 Å². The largest absolute Gasteiger partial charge is 0.573 e. The van der Waals surface area contributed by atoms with Crippen molar-refractivity contribution in [3.05, 3.63) is 70.2 Å². The Balaban J connectivity index is 1.56. The normalized spacial score (nSPS) is 15.9. The molecule has 17 heteroatoms. The number of esters is 1. The highest BCUT2D eigenvalue weighted by atomic mass is 32.2. The van der Waals surface area contributed by atoms with E-state index in [0.717, 1.165) is 51.0 Å². The first-order valence-corrected chi connectivity index (χ1v) is 18.0. The van der Waals surface area contributed by atoms with Crippen molar-refractivity contribution < 1.29 is 45.4 Å². The number of aromatic nitrogens is 1. The number of alkyl halides is 3. The molecule has 1 saturated heterocycles. The van der Waals surface area contributed by atoms with Crippen LogP contribution in [0, 0.1) is 6.92 Å². The van der Waals surface area contributed by atoms with Crippen LogP contribution in [0.3, 0.4) is 0 Å². The van der Waals surface area contributed by atoms with Crippen molar-refractivity contribution in [2.45, 2.75) is 76.9 Å². The molecule has 1 aliphatic rings. The Morgan fingerprint density at radius 2 is 1.64 bits per heavy atom. The van der Waals surface area contributed by atoms with Crippen molar-refractivity contribution in [2.75, 3.05) is 31.1 Å². The molecule has 1 aliphatic heterocycles. The first-order chi connectivity index (χ1) is 23.2. The molecule has 0 unspecified atom stereocenters. The van der Waals surface area contributed by atoms with Gasteiger partial charge in [-0.3, -0.25) is 14.4 Å². The average Bonchev–Trinajstić information content (AvgIpc) is 3.42. The molecule has 2 aromatic carbocycles. The minimum atomic E-state index is -4.96. The van der Waals surface area contributed by atoms with Crippen molar-refractivity contribution in [3.63, 3.8) is 0 Å². The predicted octanol–water partition coefficient (Wildman–Crippen LogP) is 4.74. The van der Waals surface area contributed by atoms with Gasteiger partial charge in [0.15, 0.2) is 5.13 Å². The van der Waals surface area contributed by atoms with E-state index in [0.29, 0.717) is 16.7 Å². The van der Waals surface area contributed by atoms with Crippen LogP contribution in [0.4, 0.5) is 18.3 Å². The highest BCUT2D eigenvalue weighted by Crippen LogP contribution is 2.31. The summed E-state index contributed by atoms with van der Waals surface area (Å²) < 4.78 is 75.8. The van der Waals surface area contributed by atoms with Gasteiger partial charge in [-0.15, -0.1) is 13.2 Å². The summed E-state index contributed by atoms with van der Waals surface area (Å²) in [4.78, 5) is 44.9. The maximum Gasteiger partial charge on any atom is 0.573 e. The molecule has 50 heavy (non-hydrogen) atoms. The van der Waals surface area contributed by atoms with Gasteiger partial charge in [0.2, 0.25) is 15.9 Å². The van der Waals surface area contributed by atoms with Crippen LogP contribution < -0.4 is 20.3 Å². The molecule has 0 spiro atoms. The van der Waals surface area contributed by atoms with E-state index in [4.69, 9.17) is 4.74 Å². The molecule has 2 amide bonds. The van der Waals surface area contributed by atoms with Gasteiger partial charge in [-0.2, -0.15) is 4.31 Å². The molecule has 0 aliphatic carbocycles. The number of hydrogen-bond donors (Lipinski definition) is 2. The number of nitrogens with one attached hydrogen (secondary N) is 2. The molecule has 2 N–H and O–H groups in total. The second-order valence-corrected chi connectivity index (χ2v) is 15.8. The topological polar surface area (TPSA) is 147 Å². The number of carbonyl (C=O) groups is 3. The number of anilines is 1. The summed E-state index contributed by atoms with van der Waals surface area (Å²) >= 11 is 1.02. The van der Waals surface area contributed by atoms with Gasteiger partial charge in [-0.05, 0) is 69.0 Å². The Hall–Kier alpha value is -4.22. The second kappa shape index (κ2) is 15.3. The van der Waals surface area contributed by atoms with Crippen molar-refractivity contribution >= 4 is 44.3 Å². The fraction of sp³-hybridized carbons (Fsp3) is 0.455. The van der Waals surface area contributed by atoms with E-state index in [1.807, 2.05) is 24.3 Å². The maximum atomic E-state index is 13.8. The van der Waals surface area contributed by atoms with E-state index in [1.54, 1.807) is 32.6 Å². The summed E-state index contributed by atoms with van der Waals surface area (Å²) in [5.41, 5.74) is 1.55. The minimum Gasteiger partial charge on any atom is -0.459 e. The summed E-state index contributed by atoms with van der Waals surface area (Å²) in [6, 6.07) is 10.1. The monoisotopic (exact) mass is 739 g/mol. The van der Waals surface area contributed by atoms with E-state index < -0.39 is 51.6 Å². The van der Waals surface area contributed by atoms with Gasteiger partial charge in [0.1, 0.15) is 28.8 Å². The molecule has 1 aromatic heterocycles. The number of benzene rings is 2. The molecule has 1 fully saturated rings. The summed E-state index contributed by atoms with van der Waals surface area (Å²) in [6.45, 7) is 10.4. The van der Waals surface area contributed by atoms with Crippen LogP contribution in [0.5, 0.6) is 5.75 Å². The third-order valence-corrected chi connectivity index (χ3v) is 10.6. The molecule has 0 saturated carbocycles. The third-order valence-electron chi connectivity index (χ3n) is 7.49. The molecule has 4 rings (SSSR count). The fourth-order valence-corrected chi connectivity index (χ4v) is 7.64. The van der Waals surface area contributed by atoms with Crippen LogP contribution in [-0.4, -0.2) is 79.7 Å².